The molecule has 3 N–H and O–H groups in total. The average Bonchev–Trinajstić information content (AvgIpc) is 0.722. The molecule has 0 aliphatic heterocycles. The second-order valence-electron chi connectivity index (χ2n) is 0.513. The van der Waals surface area contributed by atoms with Crippen LogP contribution in [-0.4, -0.2) is 14.7 Å². The monoisotopic (exact) mass is 217 g/mol. The molecule has 0 heterocycles. The predicted octanol–water partition coefficient (Wildman–Crippen LogP) is -6.70. The van der Waals surface area contributed by atoms with Gasteiger partial charge in [-0.15, -0.1) is 0 Å². The summed E-state index contributed by atoms with van der Waals surface area (Å²) in [6, 6.07) is 0. The van der Waals surface area contributed by atoms with Crippen LogP contribution in [0.4, 0.5) is 0 Å². The standard InChI is InChI=1S/K.Mn.Na.H3O4P.2H/c;;;1-5(2,3)4;;/h;;;(H3,1,2,3,4);;/q+1;;+1;;2*-1. The molecule has 0 fully saturated rings. The van der Waals surface area contributed by atoms with Gasteiger partial charge in [0.2, 0.25) is 0 Å². The zero-order valence-electron chi connectivity index (χ0n) is 6.58. The Labute approximate surface area is 125 Å². The molecule has 0 aromatic carbocycles. The van der Waals surface area contributed by atoms with Crippen LogP contribution in [0, 0.1) is 0 Å². The Kier molecular flexibility index (Phi) is 28.9. The second-order valence-corrected chi connectivity index (χ2v) is 1.54. The first-order valence-corrected chi connectivity index (χ1v) is 2.35. The molecule has 8 heteroatoms. The van der Waals surface area contributed by atoms with Crippen LogP contribution in [0.15, 0.2) is 0 Å². The van der Waals surface area contributed by atoms with Crippen molar-refractivity contribution in [3.05, 3.63) is 0 Å². The molecular weight excluding hydrogens is 212 g/mol. The Balaban J connectivity index is -0.00000000800. The van der Waals surface area contributed by atoms with Gasteiger partial charge in [0.05, 0.1) is 0 Å². The van der Waals surface area contributed by atoms with Gasteiger partial charge in [-0.05, 0) is 0 Å². The van der Waals surface area contributed by atoms with Crippen LogP contribution < -0.4 is 80.9 Å². The SMILES string of the molecule is O=P(O)(O)O.[H-].[H-].[K+].[Mn].[Na+]. The third-order valence-electron chi connectivity index (χ3n) is 0. The zero-order chi connectivity index (χ0) is 4.50. The quantitative estimate of drug-likeness (QED) is 0.278. The summed E-state index contributed by atoms with van der Waals surface area (Å²) in [4.78, 5) is 21.6. The Morgan fingerprint density at radius 3 is 1.25 bits per heavy atom. The molecule has 8 heavy (non-hydrogen) atoms. The van der Waals surface area contributed by atoms with Gasteiger partial charge in [-0.25, -0.2) is 4.57 Å². The summed E-state index contributed by atoms with van der Waals surface area (Å²) in [5, 5.41) is 0. The fourth-order valence-corrected chi connectivity index (χ4v) is 0. The van der Waals surface area contributed by atoms with Crippen molar-refractivity contribution in [3.63, 3.8) is 0 Å². The van der Waals surface area contributed by atoms with Crippen LogP contribution in [-0.2, 0) is 21.6 Å². The second kappa shape index (κ2) is 10.3. The molecule has 0 unspecified atom stereocenters. The van der Waals surface area contributed by atoms with E-state index in [0.717, 1.165) is 0 Å². The fraction of sp³-hybridized carbons (Fsp3) is 0. The normalized spacial score (nSPS) is 7.38. The van der Waals surface area contributed by atoms with Gasteiger partial charge in [0.1, 0.15) is 0 Å². The van der Waals surface area contributed by atoms with E-state index in [1.807, 2.05) is 0 Å². The summed E-state index contributed by atoms with van der Waals surface area (Å²) in [5.41, 5.74) is 0. The van der Waals surface area contributed by atoms with Gasteiger partial charge in [0.15, 0.2) is 0 Å². The van der Waals surface area contributed by atoms with Gasteiger partial charge in [0.25, 0.3) is 0 Å². The summed E-state index contributed by atoms with van der Waals surface area (Å²) in [6.45, 7) is 0. The number of hydrogen-bond acceptors (Lipinski definition) is 1. The molecular formula is H5KMnNaO4P. The average molecular weight is 217 g/mol. The van der Waals surface area contributed by atoms with E-state index < -0.39 is 7.82 Å². The number of phosphoric acid groups is 1. The molecule has 0 saturated carbocycles. The van der Waals surface area contributed by atoms with Crippen LogP contribution in [0.5, 0.6) is 0 Å². The van der Waals surface area contributed by atoms with E-state index >= 15 is 0 Å². The van der Waals surface area contributed by atoms with E-state index in [-0.39, 0.29) is 101 Å². The smallest absolute Gasteiger partial charge is 1.00 e. The maximum absolute atomic E-state index is 8.88. The van der Waals surface area contributed by atoms with Gasteiger partial charge >= 0.3 is 88.8 Å². The minimum Gasteiger partial charge on any atom is -1.00 e. The molecule has 0 saturated heterocycles. The van der Waals surface area contributed by atoms with Crippen molar-refractivity contribution in [1.29, 1.82) is 0 Å². The van der Waals surface area contributed by atoms with E-state index in [0.29, 0.717) is 0 Å². The molecule has 0 aromatic rings. The molecule has 0 bridgehead atoms. The largest absolute Gasteiger partial charge is 1.00 e. The summed E-state index contributed by atoms with van der Waals surface area (Å²) < 4.78 is 8.88. The van der Waals surface area contributed by atoms with Crippen LogP contribution in [0.25, 0.3) is 0 Å². The van der Waals surface area contributed by atoms with Crippen LogP contribution in [0.1, 0.15) is 2.85 Å². The summed E-state index contributed by atoms with van der Waals surface area (Å²) in [5.74, 6) is 0. The minimum absolute atomic E-state index is 0. The Morgan fingerprint density at radius 1 is 1.25 bits per heavy atom. The van der Waals surface area contributed by atoms with E-state index in [9.17, 15) is 0 Å². The van der Waals surface area contributed by atoms with E-state index in [2.05, 4.69) is 0 Å². The summed E-state index contributed by atoms with van der Waals surface area (Å²) >= 11 is 0. The zero-order valence-corrected chi connectivity index (χ0v) is 11.8. The van der Waals surface area contributed by atoms with Crippen molar-refractivity contribution in [2.45, 2.75) is 0 Å². The molecule has 0 amide bonds. The van der Waals surface area contributed by atoms with Crippen molar-refractivity contribution in [1.82, 2.24) is 0 Å². The van der Waals surface area contributed by atoms with Crippen molar-refractivity contribution < 1.29 is 120 Å². The Hall–Kier alpha value is 3.27. The van der Waals surface area contributed by atoms with Gasteiger partial charge in [0, 0.05) is 17.1 Å². The van der Waals surface area contributed by atoms with Gasteiger partial charge in [-0.2, -0.15) is 0 Å². The van der Waals surface area contributed by atoms with E-state index in [4.69, 9.17) is 19.2 Å². The van der Waals surface area contributed by atoms with E-state index in [1.54, 1.807) is 0 Å². The van der Waals surface area contributed by atoms with E-state index in [1.165, 1.54) is 0 Å². The van der Waals surface area contributed by atoms with Crippen molar-refractivity contribution in [2.75, 3.05) is 0 Å². The maximum atomic E-state index is 8.88. The minimum atomic E-state index is -4.64. The first-order chi connectivity index (χ1) is 2.00. The van der Waals surface area contributed by atoms with Crippen molar-refractivity contribution in [3.8, 4) is 0 Å². The molecule has 0 aliphatic rings. The third-order valence-corrected chi connectivity index (χ3v) is 0. The Bertz CT molecular complexity index is 69.4. The summed E-state index contributed by atoms with van der Waals surface area (Å²) in [6.07, 6.45) is 0. The molecule has 0 aliphatic carbocycles. The summed E-state index contributed by atoms with van der Waals surface area (Å²) in [7, 11) is -4.64. The van der Waals surface area contributed by atoms with Crippen molar-refractivity contribution in [2.24, 2.45) is 0 Å². The molecule has 43 valence electrons. The molecule has 1 radical (unpaired) electrons. The van der Waals surface area contributed by atoms with Crippen LogP contribution >= 0.6 is 7.82 Å². The van der Waals surface area contributed by atoms with Gasteiger partial charge < -0.3 is 17.5 Å². The fourth-order valence-electron chi connectivity index (χ4n) is 0. The topological polar surface area (TPSA) is 77.8 Å². The number of rotatable bonds is 0. The molecule has 0 aromatic heterocycles. The molecule has 0 atom stereocenters. The maximum Gasteiger partial charge on any atom is 1.00 e. The number of hydrogen-bond donors (Lipinski definition) is 3. The van der Waals surface area contributed by atoms with Crippen LogP contribution in [0.3, 0.4) is 0 Å². The molecule has 0 spiro atoms. The van der Waals surface area contributed by atoms with Gasteiger partial charge in [-0.1, -0.05) is 0 Å². The molecule has 0 rings (SSSR count). The van der Waals surface area contributed by atoms with Crippen molar-refractivity contribution >= 4 is 7.82 Å². The third kappa shape index (κ3) is 59.4. The van der Waals surface area contributed by atoms with Gasteiger partial charge in [-0.3, -0.25) is 0 Å². The van der Waals surface area contributed by atoms with Crippen LogP contribution in [0.2, 0.25) is 0 Å². The first kappa shape index (κ1) is 22.5. The first-order valence-electron chi connectivity index (χ1n) is 0.783. The Morgan fingerprint density at radius 2 is 1.25 bits per heavy atom. The molecule has 4 nitrogen and oxygen atoms in total. The predicted molar refractivity (Wildman–Crippen MR) is 16.5 cm³/mol.